The van der Waals surface area contributed by atoms with E-state index in [1.165, 1.54) is 89.0 Å². The molecule has 1 saturated carbocycles. The summed E-state index contributed by atoms with van der Waals surface area (Å²) in [5.41, 5.74) is 3.71. The average molecular weight is 653 g/mol. The van der Waals surface area contributed by atoms with Gasteiger partial charge in [0.05, 0.1) is 28.6 Å². The van der Waals surface area contributed by atoms with Crippen LogP contribution < -0.4 is 4.74 Å². The van der Waals surface area contributed by atoms with Crippen molar-refractivity contribution in [3.05, 3.63) is 89.5 Å². The molecule has 48 heavy (non-hydrogen) atoms. The second kappa shape index (κ2) is 20.5. The highest BCUT2D eigenvalue weighted by Gasteiger charge is 2.22. The Kier molecular flexibility index (Phi) is 15.8. The number of hydrogen-bond acceptors (Lipinski definition) is 6. The van der Waals surface area contributed by atoms with Crippen molar-refractivity contribution in [2.45, 2.75) is 136 Å². The summed E-state index contributed by atoms with van der Waals surface area (Å²) in [7, 11) is 0. The first-order valence-corrected chi connectivity index (χ1v) is 18.6. The Morgan fingerprint density at radius 3 is 1.79 bits per heavy atom. The minimum atomic E-state index is -0.485. The number of benzene rings is 3. The van der Waals surface area contributed by atoms with E-state index in [0.29, 0.717) is 28.5 Å². The van der Waals surface area contributed by atoms with E-state index in [2.05, 4.69) is 36.2 Å². The van der Waals surface area contributed by atoms with E-state index in [0.717, 1.165) is 30.9 Å². The molecule has 0 heterocycles. The van der Waals surface area contributed by atoms with Gasteiger partial charge in [-0.05, 0) is 124 Å². The van der Waals surface area contributed by atoms with Gasteiger partial charge in [-0.25, -0.2) is 9.59 Å². The van der Waals surface area contributed by atoms with Gasteiger partial charge in [0.2, 0.25) is 0 Å². The fourth-order valence-corrected chi connectivity index (χ4v) is 6.58. The van der Waals surface area contributed by atoms with Crippen LogP contribution in [0.1, 0.15) is 156 Å². The molecule has 1 aliphatic rings. The van der Waals surface area contributed by atoms with E-state index >= 15 is 0 Å². The summed E-state index contributed by atoms with van der Waals surface area (Å²) in [5.74, 6) is 1.07. The summed E-state index contributed by atoms with van der Waals surface area (Å²) in [4.78, 5) is 25.2. The first-order valence-electron chi connectivity index (χ1n) is 18.6. The predicted octanol–water partition coefficient (Wildman–Crippen LogP) is 12.9. The minimum absolute atomic E-state index is 0.131. The third-order valence-corrected chi connectivity index (χ3v) is 9.63. The molecule has 3 aromatic carbocycles. The normalized spacial score (nSPS) is 16.9. The number of hydrogen-bond donors (Lipinski definition) is 0. The van der Waals surface area contributed by atoms with Crippen LogP contribution in [-0.4, -0.2) is 18.0 Å². The molecule has 0 N–H and O–H groups in total. The van der Waals surface area contributed by atoms with Crippen LogP contribution in [0.25, 0.3) is 0 Å². The van der Waals surface area contributed by atoms with E-state index in [1.807, 2.05) is 19.1 Å². The number of rotatable bonds is 19. The van der Waals surface area contributed by atoms with E-state index in [9.17, 15) is 9.59 Å². The van der Waals surface area contributed by atoms with Gasteiger partial charge in [0.25, 0.3) is 0 Å². The number of nitrogens with zero attached hydrogens (tertiary/aromatic N) is 2. The Bertz CT molecular complexity index is 1390. The number of esters is 2. The maximum Gasteiger partial charge on any atom is 0.343 e. The number of ether oxygens (including phenoxy) is 2. The van der Waals surface area contributed by atoms with E-state index in [1.54, 1.807) is 48.5 Å². The Labute approximate surface area is 288 Å². The Morgan fingerprint density at radius 2 is 1.17 bits per heavy atom. The average Bonchev–Trinajstić information content (AvgIpc) is 3.11. The molecule has 0 unspecified atom stereocenters. The van der Waals surface area contributed by atoms with Gasteiger partial charge in [-0.2, -0.15) is 10.2 Å². The second-order valence-corrected chi connectivity index (χ2v) is 13.6. The lowest BCUT2D eigenvalue weighted by Gasteiger charge is -2.29. The molecule has 1 aliphatic carbocycles. The summed E-state index contributed by atoms with van der Waals surface area (Å²) >= 11 is 0. The van der Waals surface area contributed by atoms with E-state index in [4.69, 9.17) is 9.47 Å². The zero-order chi connectivity index (χ0) is 34.0. The SMILES string of the molecule is CCCCCCCCC1CCC(c2ccc(N=Nc3ccc(C(=O)Oc4ccc(C(=O)O[C@@H](C)CCCCCC)cc4)cc3)cc2)CC1. The van der Waals surface area contributed by atoms with Crippen LogP contribution in [0.2, 0.25) is 0 Å². The molecule has 0 aromatic heterocycles. The topological polar surface area (TPSA) is 77.3 Å². The molecule has 0 bridgehead atoms. The monoisotopic (exact) mass is 652 g/mol. The molecule has 6 nitrogen and oxygen atoms in total. The van der Waals surface area contributed by atoms with E-state index < -0.39 is 5.97 Å². The molecule has 4 rings (SSSR count). The van der Waals surface area contributed by atoms with Gasteiger partial charge in [-0.3, -0.25) is 0 Å². The zero-order valence-corrected chi connectivity index (χ0v) is 29.5. The Hall–Kier alpha value is -3.80. The fraction of sp³-hybridized carbons (Fsp3) is 0.524. The summed E-state index contributed by atoms with van der Waals surface area (Å²) in [5, 5.41) is 8.78. The molecule has 6 heteroatoms. The smallest absolute Gasteiger partial charge is 0.343 e. The standard InChI is InChI=1S/C42H56N2O4/c1-4-6-8-10-11-13-15-33-16-18-34(19-17-33)35-20-26-38(27-21-35)43-44-39-28-22-36(23-29-39)42(46)48-40-30-24-37(25-31-40)41(45)47-32(3)14-12-9-7-5-2/h20-34H,4-19H2,1-3H3/t32-,33?,34?/m0/s1. The lowest BCUT2D eigenvalue weighted by Crippen LogP contribution is -2.15. The summed E-state index contributed by atoms with van der Waals surface area (Å²) in [6, 6.07) is 21.8. The van der Waals surface area contributed by atoms with Gasteiger partial charge in [0, 0.05) is 0 Å². The number of unbranched alkanes of at least 4 members (excludes halogenated alkanes) is 8. The number of carbonyl (C=O) groups excluding carboxylic acids is 2. The molecular weight excluding hydrogens is 596 g/mol. The highest BCUT2D eigenvalue weighted by atomic mass is 16.5. The molecule has 0 radical (unpaired) electrons. The first-order chi connectivity index (χ1) is 23.4. The van der Waals surface area contributed by atoms with Crippen molar-refractivity contribution in [3.8, 4) is 5.75 Å². The van der Waals surface area contributed by atoms with Gasteiger partial charge in [0.1, 0.15) is 5.75 Å². The van der Waals surface area contributed by atoms with Crippen molar-refractivity contribution in [3.63, 3.8) is 0 Å². The lowest BCUT2D eigenvalue weighted by molar-refractivity contribution is 0.0319. The molecule has 1 atom stereocenters. The molecule has 0 aliphatic heterocycles. The number of carbonyl (C=O) groups is 2. The van der Waals surface area contributed by atoms with Gasteiger partial charge in [0.15, 0.2) is 0 Å². The van der Waals surface area contributed by atoms with Crippen molar-refractivity contribution < 1.29 is 19.1 Å². The quantitative estimate of drug-likeness (QED) is 0.0559. The highest BCUT2D eigenvalue weighted by molar-refractivity contribution is 5.92. The van der Waals surface area contributed by atoms with Crippen LogP contribution in [0.4, 0.5) is 11.4 Å². The van der Waals surface area contributed by atoms with Crippen LogP contribution >= 0.6 is 0 Å². The second-order valence-electron chi connectivity index (χ2n) is 13.6. The molecule has 3 aromatic rings. The first kappa shape index (κ1) is 37.0. The predicted molar refractivity (Wildman–Crippen MR) is 195 cm³/mol. The molecule has 0 spiro atoms. The van der Waals surface area contributed by atoms with Crippen LogP contribution in [0.5, 0.6) is 5.75 Å². The third kappa shape index (κ3) is 12.7. The number of azo groups is 1. The summed E-state index contributed by atoms with van der Waals surface area (Å²) in [6.45, 7) is 6.38. The van der Waals surface area contributed by atoms with Crippen LogP contribution in [0.3, 0.4) is 0 Å². The molecule has 0 amide bonds. The lowest BCUT2D eigenvalue weighted by atomic mass is 9.77. The summed E-state index contributed by atoms with van der Waals surface area (Å²) in [6.07, 6.45) is 20.3. The van der Waals surface area contributed by atoms with Crippen molar-refractivity contribution in [2.24, 2.45) is 16.1 Å². The van der Waals surface area contributed by atoms with Gasteiger partial charge >= 0.3 is 11.9 Å². The van der Waals surface area contributed by atoms with Gasteiger partial charge in [-0.1, -0.05) is 90.2 Å². The molecule has 258 valence electrons. The maximum atomic E-state index is 12.7. The molecule has 1 fully saturated rings. The minimum Gasteiger partial charge on any atom is -0.459 e. The van der Waals surface area contributed by atoms with E-state index in [-0.39, 0.29) is 12.1 Å². The van der Waals surface area contributed by atoms with Crippen LogP contribution in [-0.2, 0) is 4.74 Å². The molecule has 0 saturated heterocycles. The summed E-state index contributed by atoms with van der Waals surface area (Å²) < 4.78 is 11.1. The fourth-order valence-electron chi connectivity index (χ4n) is 6.58. The maximum absolute atomic E-state index is 12.7. The van der Waals surface area contributed by atoms with Crippen LogP contribution in [0, 0.1) is 5.92 Å². The zero-order valence-electron chi connectivity index (χ0n) is 29.5. The largest absolute Gasteiger partial charge is 0.459 e. The van der Waals surface area contributed by atoms with Crippen LogP contribution in [0.15, 0.2) is 83.0 Å². The van der Waals surface area contributed by atoms with Gasteiger partial charge in [-0.15, -0.1) is 0 Å². The third-order valence-electron chi connectivity index (χ3n) is 9.63. The Balaban J connectivity index is 1.18. The van der Waals surface area contributed by atoms with Gasteiger partial charge < -0.3 is 9.47 Å². The van der Waals surface area contributed by atoms with Crippen molar-refractivity contribution in [1.29, 1.82) is 0 Å². The highest BCUT2D eigenvalue weighted by Crippen LogP contribution is 2.38. The van der Waals surface area contributed by atoms with Crippen molar-refractivity contribution in [2.75, 3.05) is 0 Å². The van der Waals surface area contributed by atoms with Crippen molar-refractivity contribution >= 4 is 23.3 Å². The van der Waals surface area contributed by atoms with Crippen molar-refractivity contribution in [1.82, 2.24) is 0 Å². The molecular formula is C42H56N2O4. The Morgan fingerprint density at radius 1 is 0.646 bits per heavy atom.